The summed E-state index contributed by atoms with van der Waals surface area (Å²) in [5.41, 5.74) is 2.10. The second kappa shape index (κ2) is 6.95. The van der Waals surface area contributed by atoms with E-state index in [9.17, 15) is 14.4 Å². The first-order valence-corrected chi connectivity index (χ1v) is 10.7. The molecular formula is C25H25N3O4. The van der Waals surface area contributed by atoms with Crippen molar-refractivity contribution in [2.45, 2.75) is 31.2 Å². The smallest absolute Gasteiger partial charge is 0.325 e. The van der Waals surface area contributed by atoms with Crippen molar-refractivity contribution >= 4 is 23.4 Å². The van der Waals surface area contributed by atoms with E-state index < -0.39 is 17.5 Å². The summed E-state index contributed by atoms with van der Waals surface area (Å²) < 4.78 is 5.66. The normalized spacial score (nSPS) is 24.4. The fraction of sp³-hybridized carbons (Fsp3) is 0.320. The summed E-state index contributed by atoms with van der Waals surface area (Å²) in [7, 11) is 1.92. The summed E-state index contributed by atoms with van der Waals surface area (Å²) in [6.45, 7) is 4.14. The molecule has 0 saturated carbocycles. The van der Waals surface area contributed by atoms with Crippen molar-refractivity contribution in [3.63, 3.8) is 0 Å². The van der Waals surface area contributed by atoms with Gasteiger partial charge in [-0.25, -0.2) is 4.79 Å². The lowest BCUT2D eigenvalue weighted by molar-refractivity contribution is -0.134. The average Bonchev–Trinajstić information content (AvgIpc) is 3.12. The van der Waals surface area contributed by atoms with Gasteiger partial charge in [0.05, 0.1) is 13.2 Å². The van der Waals surface area contributed by atoms with Gasteiger partial charge in [0.25, 0.3) is 5.91 Å². The van der Waals surface area contributed by atoms with E-state index in [1.165, 1.54) is 0 Å². The molecule has 2 aromatic rings. The standard InChI is InChI=1S/C25H25N3O4/c1-24(2)17-8-4-6-10-19(17)27(3)21(24)14-16(29)15-28-22(30)25(26-23(28)31)12-13-32-20-11-7-5-9-18(20)25/h4-11,14H,12-13,15H2,1-3H3,(H,26,31)/b21-14-/t25-/m0/s1. The lowest BCUT2D eigenvalue weighted by atomic mass is 9.83. The Labute approximate surface area is 186 Å². The number of ketones is 1. The quantitative estimate of drug-likeness (QED) is 0.597. The Morgan fingerprint density at radius 2 is 1.78 bits per heavy atom. The second-order valence-corrected chi connectivity index (χ2v) is 9.02. The number of likely N-dealkylation sites (N-methyl/N-ethyl adjacent to an activating group) is 1. The molecule has 164 valence electrons. The van der Waals surface area contributed by atoms with Crippen LogP contribution in [0.5, 0.6) is 5.75 Å². The number of nitrogens with one attached hydrogen (secondary N) is 1. The maximum atomic E-state index is 13.4. The lowest BCUT2D eigenvalue weighted by Crippen LogP contribution is -2.47. The van der Waals surface area contributed by atoms with E-state index in [-0.39, 0.29) is 17.7 Å². The summed E-state index contributed by atoms with van der Waals surface area (Å²) in [6.07, 6.45) is 1.88. The number of benzene rings is 2. The summed E-state index contributed by atoms with van der Waals surface area (Å²) in [6, 6.07) is 14.7. The SMILES string of the molecule is CN1/C(=C\C(=O)CN2C(=O)N[C@]3(CCOc4ccccc43)C2=O)C(C)(C)c2ccccc21. The first kappa shape index (κ1) is 20.3. The summed E-state index contributed by atoms with van der Waals surface area (Å²) >= 11 is 0. The fourth-order valence-electron chi connectivity index (χ4n) is 5.13. The van der Waals surface area contributed by atoms with Crippen LogP contribution in [0, 0.1) is 0 Å². The highest BCUT2D eigenvalue weighted by molar-refractivity contribution is 6.11. The van der Waals surface area contributed by atoms with Gasteiger partial charge < -0.3 is 15.0 Å². The molecule has 5 rings (SSSR count). The van der Waals surface area contributed by atoms with Crippen LogP contribution in [-0.2, 0) is 20.5 Å². The zero-order valence-corrected chi connectivity index (χ0v) is 18.3. The van der Waals surface area contributed by atoms with Crippen LogP contribution in [0.4, 0.5) is 10.5 Å². The molecule has 0 radical (unpaired) electrons. The van der Waals surface area contributed by atoms with E-state index in [0.29, 0.717) is 24.3 Å². The van der Waals surface area contributed by atoms with E-state index in [1.54, 1.807) is 18.2 Å². The number of rotatable bonds is 3. The summed E-state index contributed by atoms with van der Waals surface area (Å²) in [4.78, 5) is 42.2. The van der Waals surface area contributed by atoms with Crippen LogP contribution < -0.4 is 15.0 Å². The molecule has 3 amide bonds. The van der Waals surface area contributed by atoms with Crippen molar-refractivity contribution in [3.05, 3.63) is 71.4 Å². The van der Waals surface area contributed by atoms with E-state index in [1.807, 2.05) is 42.3 Å². The third kappa shape index (κ3) is 2.77. The molecule has 1 atom stereocenters. The van der Waals surface area contributed by atoms with Gasteiger partial charge in [0, 0.05) is 41.9 Å². The molecule has 0 aliphatic carbocycles. The summed E-state index contributed by atoms with van der Waals surface area (Å²) in [5.74, 6) is -0.129. The molecule has 0 bridgehead atoms. The Balaban J connectivity index is 1.42. The molecule has 7 heteroatoms. The van der Waals surface area contributed by atoms with Gasteiger partial charge >= 0.3 is 6.03 Å². The third-order valence-corrected chi connectivity index (χ3v) is 6.81. The molecule has 0 aromatic heterocycles. The van der Waals surface area contributed by atoms with Crippen LogP contribution in [0.3, 0.4) is 0 Å². The number of carbonyl (C=O) groups is 3. The average molecular weight is 431 g/mol. The Hall–Kier alpha value is -3.61. The topological polar surface area (TPSA) is 79.0 Å². The monoisotopic (exact) mass is 431 g/mol. The molecule has 32 heavy (non-hydrogen) atoms. The molecule has 1 fully saturated rings. The van der Waals surface area contributed by atoms with Crippen molar-refractivity contribution in [1.29, 1.82) is 0 Å². The van der Waals surface area contributed by atoms with Gasteiger partial charge in [-0.2, -0.15) is 0 Å². The lowest BCUT2D eigenvalue weighted by Gasteiger charge is -2.33. The molecule has 1 N–H and O–H groups in total. The van der Waals surface area contributed by atoms with Crippen LogP contribution in [0.1, 0.15) is 31.4 Å². The predicted molar refractivity (Wildman–Crippen MR) is 119 cm³/mol. The van der Waals surface area contributed by atoms with Gasteiger partial charge in [0.1, 0.15) is 5.75 Å². The Bertz CT molecular complexity index is 1190. The number of anilines is 1. The van der Waals surface area contributed by atoms with E-state index in [4.69, 9.17) is 4.74 Å². The highest BCUT2D eigenvalue weighted by Crippen LogP contribution is 2.46. The van der Waals surface area contributed by atoms with Gasteiger partial charge in [-0.15, -0.1) is 0 Å². The number of carbonyl (C=O) groups excluding carboxylic acids is 3. The van der Waals surface area contributed by atoms with Gasteiger partial charge in [0.2, 0.25) is 0 Å². The number of imide groups is 1. The number of ether oxygens (including phenoxy) is 1. The maximum Gasteiger partial charge on any atom is 0.325 e. The van der Waals surface area contributed by atoms with Crippen molar-refractivity contribution in [2.75, 3.05) is 25.1 Å². The number of amides is 3. The maximum absolute atomic E-state index is 13.4. The number of hydrogen-bond donors (Lipinski definition) is 1. The van der Waals surface area contributed by atoms with Crippen LogP contribution in [0.2, 0.25) is 0 Å². The van der Waals surface area contributed by atoms with Crippen molar-refractivity contribution in [2.24, 2.45) is 0 Å². The van der Waals surface area contributed by atoms with Gasteiger partial charge in [-0.05, 0) is 17.7 Å². The van der Waals surface area contributed by atoms with Crippen LogP contribution in [0.25, 0.3) is 0 Å². The Kier molecular flexibility index (Phi) is 4.41. The van der Waals surface area contributed by atoms with Gasteiger partial charge in [-0.1, -0.05) is 50.2 Å². The van der Waals surface area contributed by atoms with Crippen LogP contribution in [-0.4, -0.2) is 42.8 Å². The van der Waals surface area contributed by atoms with Crippen LogP contribution >= 0.6 is 0 Å². The molecule has 3 aliphatic heterocycles. The highest BCUT2D eigenvalue weighted by Gasteiger charge is 2.55. The Morgan fingerprint density at radius 3 is 2.53 bits per heavy atom. The highest BCUT2D eigenvalue weighted by atomic mass is 16.5. The third-order valence-electron chi connectivity index (χ3n) is 6.81. The number of para-hydroxylation sites is 2. The fourth-order valence-corrected chi connectivity index (χ4v) is 5.13. The molecule has 3 aliphatic rings. The molecule has 7 nitrogen and oxygen atoms in total. The van der Waals surface area contributed by atoms with E-state index >= 15 is 0 Å². The first-order valence-electron chi connectivity index (χ1n) is 10.7. The minimum absolute atomic E-state index is 0.298. The van der Waals surface area contributed by atoms with E-state index in [0.717, 1.165) is 21.8 Å². The number of hydrogen-bond acceptors (Lipinski definition) is 5. The minimum atomic E-state index is -1.18. The largest absolute Gasteiger partial charge is 0.493 e. The Morgan fingerprint density at radius 1 is 1.09 bits per heavy atom. The zero-order chi connectivity index (χ0) is 22.7. The van der Waals surface area contributed by atoms with Crippen LogP contribution in [0.15, 0.2) is 60.3 Å². The predicted octanol–water partition coefficient (Wildman–Crippen LogP) is 3.10. The molecule has 0 unspecified atom stereocenters. The van der Waals surface area contributed by atoms with Crippen molar-refractivity contribution in [1.82, 2.24) is 10.2 Å². The van der Waals surface area contributed by atoms with Crippen molar-refractivity contribution < 1.29 is 19.1 Å². The summed E-state index contributed by atoms with van der Waals surface area (Å²) in [5, 5.41) is 2.84. The van der Waals surface area contributed by atoms with Gasteiger partial charge in [-0.3, -0.25) is 14.5 Å². The van der Waals surface area contributed by atoms with E-state index in [2.05, 4.69) is 25.2 Å². The minimum Gasteiger partial charge on any atom is -0.493 e. The zero-order valence-electron chi connectivity index (χ0n) is 18.3. The number of urea groups is 1. The molecular weight excluding hydrogens is 406 g/mol. The number of nitrogens with zero attached hydrogens (tertiary/aromatic N) is 2. The molecule has 2 aromatic carbocycles. The second-order valence-electron chi connectivity index (χ2n) is 9.02. The molecule has 1 spiro atoms. The number of allylic oxidation sites excluding steroid dienone is 1. The first-order chi connectivity index (χ1) is 15.3. The van der Waals surface area contributed by atoms with Gasteiger partial charge in [0.15, 0.2) is 11.3 Å². The molecule has 3 heterocycles. The van der Waals surface area contributed by atoms with Crippen molar-refractivity contribution in [3.8, 4) is 5.75 Å². The number of fused-ring (bicyclic) bond motifs is 3. The molecule has 1 saturated heterocycles.